The number of ether oxygens (including phenoxy) is 2. The van der Waals surface area contributed by atoms with Crippen molar-refractivity contribution in [1.82, 2.24) is 0 Å². The summed E-state index contributed by atoms with van der Waals surface area (Å²) in [6.45, 7) is 4.08. The SMILES string of the molecule is CCCCCC=CCC=CCC=CCC=CCCCC(=O)OC(CO)COC(=O)CCCCCCCCCCCCCCCCCCCCCCC. The van der Waals surface area contributed by atoms with Gasteiger partial charge in [0.25, 0.3) is 0 Å². The molecule has 0 saturated carbocycles. The topological polar surface area (TPSA) is 72.8 Å². The van der Waals surface area contributed by atoms with Crippen molar-refractivity contribution in [2.75, 3.05) is 13.2 Å². The van der Waals surface area contributed by atoms with Gasteiger partial charge >= 0.3 is 11.9 Å². The molecule has 0 amide bonds. The molecular formula is C47H84O5. The van der Waals surface area contributed by atoms with Gasteiger partial charge in [-0.15, -0.1) is 0 Å². The second kappa shape index (κ2) is 43.3. The number of hydrogen-bond donors (Lipinski definition) is 1. The summed E-state index contributed by atoms with van der Waals surface area (Å²) in [6.07, 6.45) is 54.8. The summed E-state index contributed by atoms with van der Waals surface area (Å²) in [4.78, 5) is 24.3. The third-order valence-corrected chi connectivity index (χ3v) is 9.63. The van der Waals surface area contributed by atoms with E-state index in [1.807, 2.05) is 0 Å². The zero-order valence-corrected chi connectivity index (χ0v) is 34.3. The lowest BCUT2D eigenvalue weighted by atomic mass is 10.0. The van der Waals surface area contributed by atoms with Gasteiger partial charge in [0.1, 0.15) is 6.61 Å². The minimum Gasteiger partial charge on any atom is -0.462 e. The number of unbranched alkanes of at least 4 members (excludes halogenated alkanes) is 24. The molecule has 0 aliphatic rings. The first-order chi connectivity index (χ1) is 25.6. The molecule has 0 aromatic carbocycles. The van der Waals surface area contributed by atoms with Crippen LogP contribution < -0.4 is 0 Å². The highest BCUT2D eigenvalue weighted by atomic mass is 16.6. The van der Waals surface area contributed by atoms with Crippen molar-refractivity contribution in [3.63, 3.8) is 0 Å². The highest BCUT2D eigenvalue weighted by molar-refractivity contribution is 5.70. The van der Waals surface area contributed by atoms with Crippen LogP contribution in [0.15, 0.2) is 48.6 Å². The van der Waals surface area contributed by atoms with E-state index in [4.69, 9.17) is 9.47 Å². The molecule has 0 aliphatic heterocycles. The summed E-state index contributed by atoms with van der Waals surface area (Å²) in [5, 5.41) is 9.57. The van der Waals surface area contributed by atoms with Gasteiger partial charge in [-0.2, -0.15) is 0 Å². The third kappa shape index (κ3) is 40.6. The summed E-state index contributed by atoms with van der Waals surface area (Å²) in [5.74, 6) is -0.650. The van der Waals surface area contributed by atoms with Crippen LogP contribution in [0, 0.1) is 0 Å². The van der Waals surface area contributed by atoms with Crippen molar-refractivity contribution in [1.29, 1.82) is 0 Å². The first-order valence-corrected chi connectivity index (χ1v) is 22.2. The lowest BCUT2D eigenvalue weighted by Gasteiger charge is -2.15. The fraction of sp³-hybridized carbons (Fsp3) is 0.787. The molecule has 1 unspecified atom stereocenters. The van der Waals surface area contributed by atoms with E-state index in [2.05, 4.69) is 62.5 Å². The Morgan fingerprint density at radius 2 is 0.788 bits per heavy atom. The van der Waals surface area contributed by atoms with E-state index in [0.717, 1.165) is 44.9 Å². The van der Waals surface area contributed by atoms with Gasteiger partial charge in [-0.25, -0.2) is 0 Å². The Hall–Kier alpha value is -2.14. The first-order valence-electron chi connectivity index (χ1n) is 22.2. The molecule has 0 bridgehead atoms. The quantitative estimate of drug-likeness (QED) is 0.0386. The lowest BCUT2D eigenvalue weighted by molar-refractivity contribution is -0.161. The van der Waals surface area contributed by atoms with E-state index in [1.165, 1.54) is 141 Å². The van der Waals surface area contributed by atoms with Gasteiger partial charge in [0.2, 0.25) is 0 Å². The lowest BCUT2D eigenvalue weighted by Crippen LogP contribution is -2.28. The van der Waals surface area contributed by atoms with Crippen LogP contribution in [0.3, 0.4) is 0 Å². The van der Waals surface area contributed by atoms with Gasteiger partial charge < -0.3 is 14.6 Å². The van der Waals surface area contributed by atoms with E-state index in [-0.39, 0.29) is 31.6 Å². The monoisotopic (exact) mass is 729 g/mol. The minimum atomic E-state index is -0.798. The molecule has 0 heterocycles. The maximum absolute atomic E-state index is 12.2. The Bertz CT molecular complexity index is 873. The third-order valence-electron chi connectivity index (χ3n) is 9.63. The Morgan fingerprint density at radius 3 is 1.21 bits per heavy atom. The number of esters is 2. The van der Waals surface area contributed by atoms with Crippen molar-refractivity contribution < 1.29 is 24.2 Å². The second-order valence-electron chi connectivity index (χ2n) is 14.8. The average Bonchev–Trinajstić information content (AvgIpc) is 3.15. The highest BCUT2D eigenvalue weighted by Gasteiger charge is 2.16. The molecule has 1 atom stereocenters. The van der Waals surface area contributed by atoms with Crippen LogP contribution in [0.2, 0.25) is 0 Å². The summed E-state index contributed by atoms with van der Waals surface area (Å²) in [7, 11) is 0. The number of allylic oxidation sites excluding steroid dienone is 8. The number of aliphatic hydroxyl groups is 1. The summed E-state index contributed by atoms with van der Waals surface area (Å²) in [5.41, 5.74) is 0. The number of hydrogen-bond acceptors (Lipinski definition) is 5. The Balaban J connectivity index is 3.57. The first kappa shape index (κ1) is 49.9. The molecule has 5 nitrogen and oxygen atoms in total. The van der Waals surface area contributed by atoms with Crippen LogP contribution in [-0.4, -0.2) is 36.4 Å². The Kier molecular flexibility index (Phi) is 41.5. The van der Waals surface area contributed by atoms with Crippen molar-refractivity contribution in [2.24, 2.45) is 0 Å². The molecular weight excluding hydrogens is 645 g/mol. The fourth-order valence-corrected chi connectivity index (χ4v) is 6.25. The largest absolute Gasteiger partial charge is 0.462 e. The van der Waals surface area contributed by atoms with E-state index >= 15 is 0 Å². The maximum Gasteiger partial charge on any atom is 0.306 e. The van der Waals surface area contributed by atoms with Crippen molar-refractivity contribution >= 4 is 11.9 Å². The van der Waals surface area contributed by atoms with E-state index < -0.39 is 6.10 Å². The molecule has 302 valence electrons. The van der Waals surface area contributed by atoms with Crippen molar-refractivity contribution in [3.05, 3.63) is 48.6 Å². The normalized spacial score (nSPS) is 12.6. The standard InChI is InChI=1S/C47H84O5/c1-3-5-7-9-11-13-15-17-19-21-22-23-24-26-27-29-31-33-35-37-39-41-46(49)51-44-45(43-48)52-47(50)42-40-38-36-34-32-30-28-25-20-18-16-14-12-10-8-6-4-2/h12,14,18,20,28,30,34,36,45,48H,3-11,13,15-17,19,21-27,29,31-33,35,37-44H2,1-2H3. The zero-order valence-electron chi connectivity index (χ0n) is 34.3. The average molecular weight is 729 g/mol. The number of carbonyl (C=O) groups is 2. The molecule has 0 fully saturated rings. The molecule has 0 aliphatic carbocycles. The van der Waals surface area contributed by atoms with Crippen LogP contribution in [0.25, 0.3) is 0 Å². The minimum absolute atomic E-state index is 0.0858. The predicted octanol–water partition coefficient (Wildman–Crippen LogP) is 14.2. The van der Waals surface area contributed by atoms with Crippen molar-refractivity contribution in [2.45, 2.75) is 225 Å². The van der Waals surface area contributed by atoms with Crippen LogP contribution in [0.5, 0.6) is 0 Å². The van der Waals surface area contributed by atoms with Gasteiger partial charge in [-0.1, -0.05) is 204 Å². The molecule has 1 N–H and O–H groups in total. The van der Waals surface area contributed by atoms with E-state index in [0.29, 0.717) is 12.8 Å². The van der Waals surface area contributed by atoms with E-state index in [9.17, 15) is 14.7 Å². The molecule has 0 saturated heterocycles. The number of carbonyl (C=O) groups excluding carboxylic acids is 2. The summed E-state index contributed by atoms with van der Waals surface area (Å²) < 4.78 is 10.6. The molecule has 0 aromatic rings. The maximum atomic E-state index is 12.2. The summed E-state index contributed by atoms with van der Waals surface area (Å²) >= 11 is 0. The van der Waals surface area contributed by atoms with Gasteiger partial charge in [0, 0.05) is 12.8 Å². The second-order valence-corrected chi connectivity index (χ2v) is 14.8. The van der Waals surface area contributed by atoms with Crippen LogP contribution >= 0.6 is 0 Å². The number of rotatable bonds is 40. The molecule has 0 radical (unpaired) electrons. The van der Waals surface area contributed by atoms with Gasteiger partial charge in [0.15, 0.2) is 6.10 Å². The van der Waals surface area contributed by atoms with Crippen LogP contribution in [0.1, 0.15) is 219 Å². The Morgan fingerprint density at radius 1 is 0.442 bits per heavy atom. The van der Waals surface area contributed by atoms with Crippen LogP contribution in [-0.2, 0) is 19.1 Å². The molecule has 0 spiro atoms. The molecule has 0 aromatic heterocycles. The fourth-order valence-electron chi connectivity index (χ4n) is 6.25. The zero-order chi connectivity index (χ0) is 37.8. The predicted molar refractivity (Wildman–Crippen MR) is 224 cm³/mol. The molecule has 5 heteroatoms. The van der Waals surface area contributed by atoms with Gasteiger partial charge in [-0.05, 0) is 51.4 Å². The summed E-state index contributed by atoms with van der Waals surface area (Å²) in [6, 6.07) is 0. The smallest absolute Gasteiger partial charge is 0.306 e. The van der Waals surface area contributed by atoms with Gasteiger partial charge in [-0.3, -0.25) is 9.59 Å². The van der Waals surface area contributed by atoms with Gasteiger partial charge in [0.05, 0.1) is 6.61 Å². The van der Waals surface area contributed by atoms with E-state index in [1.54, 1.807) is 0 Å². The Labute approximate surface area is 322 Å². The highest BCUT2D eigenvalue weighted by Crippen LogP contribution is 2.15. The molecule has 0 rings (SSSR count). The molecule has 52 heavy (non-hydrogen) atoms. The van der Waals surface area contributed by atoms with Crippen LogP contribution in [0.4, 0.5) is 0 Å². The number of aliphatic hydroxyl groups excluding tert-OH is 1. The van der Waals surface area contributed by atoms with Crippen molar-refractivity contribution in [3.8, 4) is 0 Å².